The first-order valence-electron chi connectivity index (χ1n) is 8.64. The lowest BCUT2D eigenvalue weighted by Gasteiger charge is -2.23. The summed E-state index contributed by atoms with van der Waals surface area (Å²) in [5, 5.41) is 11.8. The van der Waals surface area contributed by atoms with E-state index in [-0.39, 0.29) is 24.2 Å². The predicted octanol–water partition coefficient (Wildman–Crippen LogP) is 3.95. The number of nitrogens with zero attached hydrogens (tertiary/aromatic N) is 3. The van der Waals surface area contributed by atoms with Crippen LogP contribution >= 0.6 is 11.3 Å². The Kier molecular flexibility index (Phi) is 4.72. The molecule has 2 aromatic carbocycles. The fourth-order valence-corrected chi connectivity index (χ4v) is 4.38. The number of aromatic nitrogens is 1. The maximum atomic E-state index is 12.7. The van der Waals surface area contributed by atoms with Crippen molar-refractivity contribution >= 4 is 33.1 Å². The Morgan fingerprint density at radius 2 is 2.15 bits per heavy atom. The van der Waals surface area contributed by atoms with E-state index in [1.54, 1.807) is 22.3 Å². The van der Waals surface area contributed by atoms with Crippen molar-refractivity contribution in [3.63, 3.8) is 0 Å². The number of ether oxygens (including phenoxy) is 1. The molecule has 1 unspecified atom stereocenters. The van der Waals surface area contributed by atoms with Gasteiger partial charge in [0.25, 0.3) is 11.6 Å². The van der Waals surface area contributed by atoms with Crippen molar-refractivity contribution in [3.8, 4) is 5.75 Å². The van der Waals surface area contributed by atoms with Gasteiger partial charge >= 0.3 is 0 Å². The van der Waals surface area contributed by atoms with Crippen molar-refractivity contribution in [3.05, 3.63) is 63.7 Å². The van der Waals surface area contributed by atoms with E-state index in [2.05, 4.69) is 4.98 Å². The Balaban J connectivity index is 1.46. The van der Waals surface area contributed by atoms with Crippen LogP contribution in [-0.2, 0) is 4.79 Å². The van der Waals surface area contributed by atoms with Gasteiger partial charge in [0, 0.05) is 12.6 Å². The molecule has 1 atom stereocenters. The van der Waals surface area contributed by atoms with E-state index < -0.39 is 4.92 Å². The van der Waals surface area contributed by atoms with Crippen LogP contribution in [0.15, 0.2) is 48.5 Å². The molecule has 0 saturated carbocycles. The lowest BCUT2D eigenvalue weighted by Crippen LogP contribution is -2.34. The molecule has 138 valence electrons. The summed E-state index contributed by atoms with van der Waals surface area (Å²) in [4.78, 5) is 29.5. The zero-order valence-corrected chi connectivity index (χ0v) is 15.2. The number of non-ortho nitro benzene ring substituents is 1. The first-order chi connectivity index (χ1) is 13.1. The van der Waals surface area contributed by atoms with Gasteiger partial charge in [-0.3, -0.25) is 14.9 Å². The maximum Gasteiger partial charge on any atom is 0.273 e. The summed E-state index contributed by atoms with van der Waals surface area (Å²) in [6.07, 6.45) is 1.80. The second kappa shape index (κ2) is 7.32. The minimum absolute atomic E-state index is 0.0383. The van der Waals surface area contributed by atoms with Crippen LogP contribution in [0, 0.1) is 10.1 Å². The lowest BCUT2D eigenvalue weighted by atomic mass is 10.2. The zero-order chi connectivity index (χ0) is 18.8. The van der Waals surface area contributed by atoms with Crippen LogP contribution in [-0.4, -0.2) is 33.9 Å². The fraction of sp³-hybridized carbons (Fsp3) is 0.263. The molecule has 1 amide bonds. The standard InChI is InChI=1S/C19H17N3O4S/c23-18(12-26-14-6-3-5-13(11-14)22(24)25)21-10-4-8-16(21)19-20-15-7-1-2-9-17(15)27-19/h1-3,5-7,9,11,16H,4,8,10,12H2. The summed E-state index contributed by atoms with van der Waals surface area (Å²) in [5.41, 5.74) is 0.887. The highest BCUT2D eigenvalue weighted by atomic mass is 32.1. The van der Waals surface area contributed by atoms with Crippen molar-refractivity contribution in [2.24, 2.45) is 0 Å². The molecule has 1 fully saturated rings. The monoisotopic (exact) mass is 383 g/mol. The number of likely N-dealkylation sites (tertiary alicyclic amines) is 1. The predicted molar refractivity (Wildman–Crippen MR) is 102 cm³/mol. The highest BCUT2D eigenvalue weighted by Crippen LogP contribution is 2.36. The van der Waals surface area contributed by atoms with Gasteiger partial charge in [0.2, 0.25) is 0 Å². The minimum atomic E-state index is -0.488. The first-order valence-corrected chi connectivity index (χ1v) is 9.45. The van der Waals surface area contributed by atoms with Crippen LogP contribution in [0.5, 0.6) is 5.75 Å². The summed E-state index contributed by atoms with van der Waals surface area (Å²) in [7, 11) is 0. The summed E-state index contributed by atoms with van der Waals surface area (Å²) in [6.45, 7) is 0.514. The van der Waals surface area contributed by atoms with E-state index >= 15 is 0 Å². The molecule has 0 spiro atoms. The number of carbonyl (C=O) groups excluding carboxylic acids is 1. The van der Waals surface area contributed by atoms with E-state index in [9.17, 15) is 14.9 Å². The molecular weight excluding hydrogens is 366 g/mol. The third kappa shape index (κ3) is 3.61. The van der Waals surface area contributed by atoms with Gasteiger partial charge in [-0.05, 0) is 31.0 Å². The largest absolute Gasteiger partial charge is 0.484 e. The third-order valence-electron chi connectivity index (χ3n) is 4.56. The molecule has 0 radical (unpaired) electrons. The van der Waals surface area contributed by atoms with E-state index in [4.69, 9.17) is 4.74 Å². The van der Waals surface area contributed by atoms with Gasteiger partial charge in [-0.25, -0.2) is 4.98 Å². The van der Waals surface area contributed by atoms with Crippen LogP contribution < -0.4 is 4.74 Å². The number of nitro benzene ring substituents is 1. The Bertz CT molecular complexity index is 970. The molecule has 8 heteroatoms. The summed E-state index contributed by atoms with van der Waals surface area (Å²) < 4.78 is 6.61. The Labute approximate surface area is 159 Å². The third-order valence-corrected chi connectivity index (χ3v) is 5.70. The first kappa shape index (κ1) is 17.4. The van der Waals surface area contributed by atoms with Gasteiger partial charge < -0.3 is 9.64 Å². The molecule has 27 heavy (non-hydrogen) atoms. The topological polar surface area (TPSA) is 85.6 Å². The van der Waals surface area contributed by atoms with E-state index in [1.807, 2.05) is 24.3 Å². The Morgan fingerprint density at radius 1 is 1.30 bits per heavy atom. The van der Waals surface area contributed by atoms with Crippen LogP contribution in [0.3, 0.4) is 0 Å². The average Bonchev–Trinajstić information content (AvgIpc) is 3.32. The lowest BCUT2D eigenvalue weighted by molar-refractivity contribution is -0.384. The van der Waals surface area contributed by atoms with Crippen LogP contribution in [0.4, 0.5) is 5.69 Å². The van der Waals surface area contributed by atoms with Gasteiger partial charge in [-0.15, -0.1) is 11.3 Å². The van der Waals surface area contributed by atoms with Crippen molar-refractivity contribution in [2.45, 2.75) is 18.9 Å². The number of carbonyl (C=O) groups is 1. The highest BCUT2D eigenvalue weighted by molar-refractivity contribution is 7.18. The number of thiazole rings is 1. The smallest absolute Gasteiger partial charge is 0.273 e. The molecule has 0 bridgehead atoms. The molecule has 1 aliphatic heterocycles. The minimum Gasteiger partial charge on any atom is -0.484 e. The number of fused-ring (bicyclic) bond motifs is 1. The number of benzene rings is 2. The number of nitro groups is 1. The normalized spacial score (nSPS) is 16.6. The average molecular weight is 383 g/mol. The zero-order valence-electron chi connectivity index (χ0n) is 14.4. The van der Waals surface area contributed by atoms with Gasteiger partial charge in [0.05, 0.1) is 27.2 Å². The Hall–Kier alpha value is -3.00. The summed E-state index contributed by atoms with van der Waals surface area (Å²) in [5.74, 6) is 0.177. The maximum absolute atomic E-state index is 12.7. The van der Waals surface area contributed by atoms with Crippen molar-refractivity contribution in [1.82, 2.24) is 9.88 Å². The summed E-state index contributed by atoms with van der Waals surface area (Å²) in [6, 6.07) is 13.8. The molecule has 3 aromatic rings. The number of para-hydroxylation sites is 1. The van der Waals surface area contributed by atoms with Crippen molar-refractivity contribution < 1.29 is 14.5 Å². The number of hydrogen-bond donors (Lipinski definition) is 0. The molecular formula is C19H17N3O4S. The fourth-order valence-electron chi connectivity index (χ4n) is 3.27. The molecule has 1 aromatic heterocycles. The van der Waals surface area contributed by atoms with Crippen LogP contribution in [0.2, 0.25) is 0 Å². The highest BCUT2D eigenvalue weighted by Gasteiger charge is 2.32. The molecule has 1 saturated heterocycles. The number of rotatable bonds is 5. The Morgan fingerprint density at radius 3 is 2.96 bits per heavy atom. The number of hydrogen-bond acceptors (Lipinski definition) is 6. The molecule has 0 aliphatic carbocycles. The van der Waals surface area contributed by atoms with Crippen molar-refractivity contribution in [2.75, 3.05) is 13.2 Å². The van der Waals surface area contributed by atoms with Gasteiger partial charge in [0.1, 0.15) is 10.8 Å². The van der Waals surface area contributed by atoms with Crippen molar-refractivity contribution in [1.29, 1.82) is 0 Å². The van der Waals surface area contributed by atoms with Crippen LogP contribution in [0.1, 0.15) is 23.9 Å². The van der Waals surface area contributed by atoms with Gasteiger partial charge in [0.15, 0.2) is 6.61 Å². The second-order valence-corrected chi connectivity index (χ2v) is 7.37. The van der Waals surface area contributed by atoms with Crippen LogP contribution in [0.25, 0.3) is 10.2 Å². The molecule has 7 nitrogen and oxygen atoms in total. The molecule has 0 N–H and O–H groups in total. The van der Waals surface area contributed by atoms with E-state index in [1.165, 1.54) is 18.2 Å². The molecule has 1 aliphatic rings. The second-order valence-electron chi connectivity index (χ2n) is 6.31. The van der Waals surface area contributed by atoms with Gasteiger partial charge in [-0.1, -0.05) is 18.2 Å². The molecule has 4 rings (SSSR count). The quantitative estimate of drug-likeness (QED) is 0.492. The van der Waals surface area contributed by atoms with E-state index in [0.29, 0.717) is 12.3 Å². The summed E-state index contributed by atoms with van der Waals surface area (Å²) >= 11 is 1.61. The molecule has 2 heterocycles. The van der Waals surface area contributed by atoms with Gasteiger partial charge in [-0.2, -0.15) is 0 Å². The SMILES string of the molecule is O=C(COc1cccc([N+](=O)[O-])c1)N1CCCC1c1nc2ccccc2s1. The van der Waals surface area contributed by atoms with E-state index in [0.717, 1.165) is 28.1 Å². The number of amides is 1.